The zero-order valence-corrected chi connectivity index (χ0v) is 23.5. The molecule has 3 aromatic carbocycles. The first-order valence-electron chi connectivity index (χ1n) is 12.4. The Hall–Kier alpha value is -3.49. The number of carbonyl (C=O) groups excluding carboxylic acids is 3. The average Bonchev–Trinajstić information content (AvgIpc) is 2.92. The Bertz CT molecular complexity index is 1280. The second-order valence-corrected chi connectivity index (χ2v) is 10.2. The number of nitrogens with two attached hydrogens (primary N) is 1. The summed E-state index contributed by atoms with van der Waals surface area (Å²) in [4.78, 5) is 39.8. The van der Waals surface area contributed by atoms with Gasteiger partial charge in [0, 0.05) is 22.1 Å². The van der Waals surface area contributed by atoms with Gasteiger partial charge in [0.05, 0.1) is 30.4 Å². The van der Waals surface area contributed by atoms with E-state index in [1.165, 1.54) is 0 Å². The van der Waals surface area contributed by atoms with E-state index in [1.54, 1.807) is 49.4 Å². The number of nitrogens with zero attached hydrogens (tertiary/aromatic N) is 1. The van der Waals surface area contributed by atoms with Crippen molar-refractivity contribution in [2.24, 2.45) is 0 Å². The number of esters is 2. The van der Waals surface area contributed by atoms with Gasteiger partial charge in [-0.3, -0.25) is 9.59 Å². The summed E-state index contributed by atoms with van der Waals surface area (Å²) >= 11 is 3.40. The normalized spacial score (nSPS) is 11.7. The van der Waals surface area contributed by atoms with Crippen LogP contribution in [0.4, 0.5) is 5.69 Å². The Balaban J connectivity index is 1.44. The summed E-state index contributed by atoms with van der Waals surface area (Å²) in [7, 11) is 3.85. The molecule has 0 aliphatic carbocycles. The van der Waals surface area contributed by atoms with E-state index in [4.69, 9.17) is 15.2 Å². The molecule has 0 bridgehead atoms. The van der Waals surface area contributed by atoms with Crippen molar-refractivity contribution < 1.29 is 23.9 Å². The average molecular weight is 582 g/mol. The fourth-order valence-corrected chi connectivity index (χ4v) is 4.36. The largest absolute Gasteiger partial charge is 0.465 e. The third kappa shape index (κ3) is 8.00. The quantitative estimate of drug-likeness (QED) is 0.129. The predicted molar refractivity (Wildman–Crippen MR) is 151 cm³/mol. The van der Waals surface area contributed by atoms with Crippen LogP contribution in [-0.2, 0) is 20.8 Å². The van der Waals surface area contributed by atoms with Crippen LogP contribution >= 0.6 is 15.9 Å². The molecule has 3 aromatic rings. The Labute approximate surface area is 232 Å². The number of halogens is 1. The highest BCUT2D eigenvalue weighted by Gasteiger charge is 2.19. The van der Waals surface area contributed by atoms with Crippen LogP contribution in [0.25, 0.3) is 0 Å². The number of anilines is 1. The summed E-state index contributed by atoms with van der Waals surface area (Å²) in [5, 5.41) is 0. The first kappa shape index (κ1) is 29.1. The third-order valence-electron chi connectivity index (χ3n) is 5.99. The molecular weight excluding hydrogens is 548 g/mol. The van der Waals surface area contributed by atoms with E-state index in [0.717, 1.165) is 5.56 Å². The summed E-state index contributed by atoms with van der Waals surface area (Å²) < 4.78 is 11.5. The lowest BCUT2D eigenvalue weighted by atomic mass is 9.96. The molecule has 0 aromatic heterocycles. The lowest BCUT2D eigenvalue weighted by Crippen LogP contribution is -2.15. The molecule has 0 fully saturated rings. The molecule has 0 saturated heterocycles. The number of hydrogen-bond acceptors (Lipinski definition) is 7. The molecule has 1 unspecified atom stereocenters. The molecular formula is C30H33BrN2O5. The maximum absolute atomic E-state index is 12.7. The summed E-state index contributed by atoms with van der Waals surface area (Å²) in [6, 6.07) is 19.5. The van der Waals surface area contributed by atoms with Crippen LogP contribution in [0.15, 0.2) is 71.2 Å². The lowest BCUT2D eigenvalue weighted by molar-refractivity contribution is -0.145. The number of rotatable bonds is 12. The van der Waals surface area contributed by atoms with Crippen molar-refractivity contribution in [1.29, 1.82) is 0 Å². The van der Waals surface area contributed by atoms with Crippen LogP contribution in [0.1, 0.15) is 63.1 Å². The van der Waals surface area contributed by atoms with Crippen LogP contribution in [0.5, 0.6) is 0 Å². The van der Waals surface area contributed by atoms with Crippen molar-refractivity contribution in [2.75, 3.05) is 33.0 Å². The van der Waals surface area contributed by atoms with Crippen molar-refractivity contribution >= 4 is 39.3 Å². The molecule has 0 spiro atoms. The van der Waals surface area contributed by atoms with E-state index in [0.29, 0.717) is 51.8 Å². The summed E-state index contributed by atoms with van der Waals surface area (Å²) in [5.41, 5.74) is 9.80. The Morgan fingerprint density at radius 3 is 2.21 bits per heavy atom. The number of nitrogen functional groups attached to an aromatic ring is 1. The molecule has 2 N–H and O–H groups in total. The molecule has 1 atom stereocenters. The van der Waals surface area contributed by atoms with E-state index in [1.807, 2.05) is 43.3 Å². The van der Waals surface area contributed by atoms with Crippen LogP contribution in [0.2, 0.25) is 0 Å². The highest BCUT2D eigenvalue weighted by Crippen LogP contribution is 2.27. The highest BCUT2D eigenvalue weighted by atomic mass is 79.9. The maximum Gasteiger partial charge on any atom is 0.338 e. The minimum atomic E-state index is -0.517. The minimum Gasteiger partial charge on any atom is -0.465 e. The monoisotopic (exact) mass is 580 g/mol. The number of carbonyl (C=O) groups is 3. The smallest absolute Gasteiger partial charge is 0.338 e. The lowest BCUT2D eigenvalue weighted by Gasteiger charge is -2.15. The molecule has 0 aliphatic rings. The fraction of sp³-hybridized carbons (Fsp3) is 0.300. The molecule has 7 nitrogen and oxygen atoms in total. The van der Waals surface area contributed by atoms with Crippen molar-refractivity contribution in [3.05, 3.63) is 99.0 Å². The molecule has 200 valence electrons. The standard InChI is InChI=1S/C30H33BrN2O5/c1-20(22-12-9-13-23(16-22)28(34)21-10-5-4-6-11-21)29(35)37-14-7-8-15-38-30(36)24-17-25(19-33(2)3)27(32)26(31)18-24/h4-6,9-13,16-18,20H,7-8,14-15,19,32H2,1-3H3. The summed E-state index contributed by atoms with van der Waals surface area (Å²) in [6.07, 6.45) is 1.10. The van der Waals surface area contributed by atoms with E-state index in [-0.39, 0.29) is 25.0 Å². The molecule has 0 saturated carbocycles. The molecule has 8 heteroatoms. The zero-order chi connectivity index (χ0) is 27.7. The molecule has 0 radical (unpaired) electrons. The number of unbranched alkanes of at least 4 members (excludes halogenated alkanes) is 1. The molecule has 0 amide bonds. The van der Waals surface area contributed by atoms with Gasteiger partial charge in [-0.1, -0.05) is 48.5 Å². The van der Waals surface area contributed by atoms with Gasteiger partial charge in [0.25, 0.3) is 0 Å². The van der Waals surface area contributed by atoms with E-state index >= 15 is 0 Å². The van der Waals surface area contributed by atoms with E-state index in [9.17, 15) is 14.4 Å². The fourth-order valence-electron chi connectivity index (χ4n) is 3.86. The highest BCUT2D eigenvalue weighted by molar-refractivity contribution is 9.10. The second kappa shape index (κ2) is 13.9. The third-order valence-corrected chi connectivity index (χ3v) is 6.65. The van der Waals surface area contributed by atoms with Crippen molar-refractivity contribution in [3.63, 3.8) is 0 Å². The van der Waals surface area contributed by atoms with Crippen molar-refractivity contribution in [3.8, 4) is 0 Å². The van der Waals surface area contributed by atoms with Gasteiger partial charge in [-0.2, -0.15) is 0 Å². The van der Waals surface area contributed by atoms with Gasteiger partial charge in [-0.25, -0.2) is 4.79 Å². The molecule has 38 heavy (non-hydrogen) atoms. The first-order valence-corrected chi connectivity index (χ1v) is 13.2. The van der Waals surface area contributed by atoms with Gasteiger partial charge in [0.15, 0.2) is 5.78 Å². The van der Waals surface area contributed by atoms with Gasteiger partial charge in [0.2, 0.25) is 0 Å². The zero-order valence-electron chi connectivity index (χ0n) is 21.9. The van der Waals surface area contributed by atoms with Gasteiger partial charge < -0.3 is 20.1 Å². The van der Waals surface area contributed by atoms with Gasteiger partial charge in [0.1, 0.15) is 0 Å². The number of ketones is 1. The predicted octanol–water partition coefficient (Wildman–Crippen LogP) is 5.61. The molecule has 0 heterocycles. The second-order valence-electron chi connectivity index (χ2n) is 9.32. The Morgan fingerprint density at radius 2 is 1.53 bits per heavy atom. The maximum atomic E-state index is 12.7. The molecule has 3 rings (SSSR count). The Morgan fingerprint density at radius 1 is 0.868 bits per heavy atom. The molecule has 0 aliphatic heterocycles. The summed E-state index contributed by atoms with van der Waals surface area (Å²) in [6.45, 7) is 2.78. The first-order chi connectivity index (χ1) is 18.2. The van der Waals surface area contributed by atoms with Crippen LogP contribution in [-0.4, -0.2) is 49.9 Å². The number of benzene rings is 3. The van der Waals surface area contributed by atoms with Gasteiger partial charge >= 0.3 is 11.9 Å². The topological polar surface area (TPSA) is 98.9 Å². The Kier molecular flexibility index (Phi) is 10.6. The SMILES string of the molecule is CC(C(=O)OCCCCOC(=O)c1cc(Br)c(N)c(CN(C)C)c1)c1cccc(C(=O)c2ccccc2)c1. The number of ether oxygens (including phenoxy) is 2. The van der Waals surface area contributed by atoms with Gasteiger partial charge in [-0.15, -0.1) is 0 Å². The van der Waals surface area contributed by atoms with E-state index in [2.05, 4.69) is 15.9 Å². The van der Waals surface area contributed by atoms with Crippen LogP contribution in [0, 0.1) is 0 Å². The van der Waals surface area contributed by atoms with Crippen LogP contribution in [0.3, 0.4) is 0 Å². The summed E-state index contributed by atoms with van der Waals surface area (Å²) in [5.74, 6) is -1.41. The number of hydrogen-bond donors (Lipinski definition) is 1. The van der Waals surface area contributed by atoms with Crippen molar-refractivity contribution in [1.82, 2.24) is 4.90 Å². The van der Waals surface area contributed by atoms with Crippen molar-refractivity contribution in [2.45, 2.75) is 32.2 Å². The van der Waals surface area contributed by atoms with E-state index < -0.39 is 11.9 Å². The minimum absolute atomic E-state index is 0.0946. The van der Waals surface area contributed by atoms with Crippen LogP contribution < -0.4 is 5.73 Å². The van der Waals surface area contributed by atoms with Gasteiger partial charge in [-0.05, 0) is 79.1 Å².